The summed E-state index contributed by atoms with van der Waals surface area (Å²) in [4.78, 5) is 11.2. The van der Waals surface area contributed by atoms with Crippen molar-refractivity contribution in [1.29, 1.82) is 0 Å². The molecule has 2 rings (SSSR count). The van der Waals surface area contributed by atoms with Crippen molar-refractivity contribution >= 4 is 12.1 Å². The second kappa shape index (κ2) is 2.49. The number of hydrogen-bond acceptors (Lipinski definition) is 2. The molecular weight excluding hydrogens is 140 g/mol. The molecule has 3 nitrogen and oxygen atoms in total. The average molecular weight is 150 g/mol. The summed E-state index contributed by atoms with van der Waals surface area (Å²) in [6.45, 7) is 0. The van der Waals surface area contributed by atoms with E-state index in [0.717, 1.165) is 12.8 Å². The molecule has 1 aliphatic carbocycles. The van der Waals surface area contributed by atoms with Crippen LogP contribution in [0.15, 0.2) is 17.3 Å². The van der Waals surface area contributed by atoms with Crippen LogP contribution in [0.2, 0.25) is 0 Å². The van der Waals surface area contributed by atoms with E-state index in [-0.39, 0.29) is 11.8 Å². The zero-order valence-corrected chi connectivity index (χ0v) is 6.16. The second-order valence-corrected chi connectivity index (χ2v) is 2.97. The van der Waals surface area contributed by atoms with Crippen molar-refractivity contribution in [1.82, 2.24) is 5.43 Å². The Bertz CT molecular complexity index is 232. The molecule has 1 aliphatic heterocycles. The van der Waals surface area contributed by atoms with Gasteiger partial charge in [-0.05, 0) is 12.8 Å². The lowest BCUT2D eigenvalue weighted by Gasteiger charge is -2.26. The van der Waals surface area contributed by atoms with Crippen molar-refractivity contribution < 1.29 is 4.79 Å². The van der Waals surface area contributed by atoms with E-state index < -0.39 is 0 Å². The molecule has 2 aliphatic rings. The van der Waals surface area contributed by atoms with Gasteiger partial charge in [0.25, 0.3) is 0 Å². The van der Waals surface area contributed by atoms with Crippen LogP contribution < -0.4 is 5.43 Å². The van der Waals surface area contributed by atoms with Crippen molar-refractivity contribution in [3.05, 3.63) is 12.2 Å². The van der Waals surface area contributed by atoms with Crippen LogP contribution in [0.5, 0.6) is 0 Å². The fourth-order valence-corrected chi connectivity index (χ4v) is 1.58. The second-order valence-electron chi connectivity index (χ2n) is 2.97. The van der Waals surface area contributed by atoms with E-state index in [1.54, 1.807) is 0 Å². The summed E-state index contributed by atoms with van der Waals surface area (Å²) < 4.78 is 0. The van der Waals surface area contributed by atoms with Crippen LogP contribution in [-0.2, 0) is 4.79 Å². The largest absolute Gasteiger partial charge is 0.273 e. The topological polar surface area (TPSA) is 41.5 Å². The fourth-order valence-electron chi connectivity index (χ4n) is 1.58. The van der Waals surface area contributed by atoms with Gasteiger partial charge in [0.1, 0.15) is 0 Å². The Morgan fingerprint density at radius 2 is 2.27 bits per heavy atom. The molecule has 1 N–H and O–H groups in total. The molecule has 0 radical (unpaired) electrons. The Morgan fingerprint density at radius 1 is 1.45 bits per heavy atom. The Balaban J connectivity index is 2.23. The number of rotatable bonds is 0. The maximum atomic E-state index is 11.2. The minimum atomic E-state index is 0.0712. The lowest BCUT2D eigenvalue weighted by molar-refractivity contribution is -0.126. The molecular formula is C8H10N2O. The molecule has 0 saturated carbocycles. The van der Waals surface area contributed by atoms with Gasteiger partial charge in [0.15, 0.2) is 0 Å². The number of nitrogens with one attached hydrogen (secondary N) is 1. The third kappa shape index (κ3) is 1.06. The molecule has 1 amide bonds. The molecule has 2 atom stereocenters. The zero-order chi connectivity index (χ0) is 7.68. The molecule has 0 aromatic heterocycles. The molecule has 0 fully saturated rings. The summed E-state index contributed by atoms with van der Waals surface area (Å²) in [7, 11) is 0. The van der Waals surface area contributed by atoms with Gasteiger partial charge in [-0.2, -0.15) is 5.10 Å². The van der Waals surface area contributed by atoms with E-state index in [2.05, 4.69) is 22.7 Å². The third-order valence-corrected chi connectivity index (χ3v) is 2.26. The van der Waals surface area contributed by atoms with Crippen molar-refractivity contribution in [2.75, 3.05) is 0 Å². The maximum absolute atomic E-state index is 11.2. The Labute approximate surface area is 65.2 Å². The van der Waals surface area contributed by atoms with Crippen LogP contribution in [0.1, 0.15) is 12.8 Å². The first kappa shape index (κ1) is 6.58. The fraction of sp³-hybridized carbons (Fsp3) is 0.500. The van der Waals surface area contributed by atoms with Gasteiger partial charge in [-0.1, -0.05) is 12.2 Å². The van der Waals surface area contributed by atoms with E-state index in [1.165, 1.54) is 0 Å². The van der Waals surface area contributed by atoms with E-state index in [0.29, 0.717) is 5.92 Å². The minimum absolute atomic E-state index is 0.0712. The molecule has 0 bridgehead atoms. The molecule has 58 valence electrons. The summed E-state index contributed by atoms with van der Waals surface area (Å²) in [5, 5.41) is 3.78. The number of hydrogen-bond donors (Lipinski definition) is 1. The van der Waals surface area contributed by atoms with Crippen LogP contribution in [0.3, 0.4) is 0 Å². The highest BCUT2D eigenvalue weighted by atomic mass is 16.2. The first-order valence-electron chi connectivity index (χ1n) is 3.86. The Hall–Kier alpha value is -1.12. The van der Waals surface area contributed by atoms with Crippen LogP contribution >= 0.6 is 0 Å². The van der Waals surface area contributed by atoms with Gasteiger partial charge in [-0.25, -0.2) is 5.43 Å². The highest BCUT2D eigenvalue weighted by Gasteiger charge is 2.29. The summed E-state index contributed by atoms with van der Waals surface area (Å²) >= 11 is 0. The van der Waals surface area contributed by atoms with Gasteiger partial charge in [0.05, 0.1) is 5.92 Å². The lowest BCUT2D eigenvalue weighted by Crippen LogP contribution is -2.38. The highest BCUT2D eigenvalue weighted by Crippen LogP contribution is 2.25. The molecule has 0 saturated heterocycles. The average Bonchev–Trinajstić information content (AvgIpc) is 2.06. The van der Waals surface area contributed by atoms with Gasteiger partial charge >= 0.3 is 0 Å². The molecule has 1 heterocycles. The van der Waals surface area contributed by atoms with Gasteiger partial charge < -0.3 is 0 Å². The van der Waals surface area contributed by atoms with E-state index in [9.17, 15) is 4.79 Å². The lowest BCUT2D eigenvalue weighted by atomic mass is 9.83. The molecule has 0 aromatic carbocycles. The van der Waals surface area contributed by atoms with E-state index in [1.807, 2.05) is 6.21 Å². The third-order valence-electron chi connectivity index (χ3n) is 2.26. The zero-order valence-electron chi connectivity index (χ0n) is 6.16. The smallest absolute Gasteiger partial charge is 0.244 e. The molecule has 3 heteroatoms. The van der Waals surface area contributed by atoms with Crippen molar-refractivity contribution in [3.8, 4) is 0 Å². The van der Waals surface area contributed by atoms with Crippen molar-refractivity contribution in [2.45, 2.75) is 12.8 Å². The van der Waals surface area contributed by atoms with E-state index >= 15 is 0 Å². The first-order valence-corrected chi connectivity index (χ1v) is 3.86. The normalized spacial score (nSPS) is 34.7. The van der Waals surface area contributed by atoms with Crippen LogP contribution in [0, 0.1) is 11.8 Å². The monoisotopic (exact) mass is 150 g/mol. The van der Waals surface area contributed by atoms with Gasteiger partial charge in [-0.3, -0.25) is 4.79 Å². The van der Waals surface area contributed by atoms with Gasteiger partial charge in [0.2, 0.25) is 5.91 Å². The number of fused-ring (bicyclic) bond motifs is 1. The number of allylic oxidation sites excluding steroid dienone is 2. The molecule has 0 aromatic rings. The Kier molecular flexibility index (Phi) is 1.49. The highest BCUT2D eigenvalue weighted by molar-refractivity contribution is 5.86. The number of amides is 1. The summed E-state index contributed by atoms with van der Waals surface area (Å²) in [6, 6.07) is 0. The first-order chi connectivity index (χ1) is 5.38. The summed E-state index contributed by atoms with van der Waals surface area (Å²) in [6.07, 6.45) is 7.85. The maximum Gasteiger partial charge on any atom is 0.244 e. The van der Waals surface area contributed by atoms with Gasteiger partial charge in [0, 0.05) is 12.1 Å². The van der Waals surface area contributed by atoms with Crippen LogP contribution in [-0.4, -0.2) is 12.1 Å². The summed E-state index contributed by atoms with van der Waals surface area (Å²) in [5.41, 5.74) is 2.48. The predicted molar refractivity (Wildman–Crippen MR) is 42.0 cm³/mol. The standard InChI is InChI=1S/C8H10N2O/c11-8-7-4-2-1-3-6(7)5-9-10-8/h1-2,5-7H,3-4H2,(H,10,11)/t6-,7-/m1/s1. The SMILES string of the molecule is O=C1NN=C[C@H]2CC=CC[C@@H]12. The number of nitrogens with zero attached hydrogens (tertiary/aromatic N) is 1. The Morgan fingerprint density at radius 3 is 3.09 bits per heavy atom. The number of hydrazone groups is 1. The molecule has 0 spiro atoms. The van der Waals surface area contributed by atoms with Gasteiger partial charge in [-0.15, -0.1) is 0 Å². The minimum Gasteiger partial charge on any atom is -0.273 e. The molecule has 11 heavy (non-hydrogen) atoms. The van der Waals surface area contributed by atoms with Crippen molar-refractivity contribution in [2.24, 2.45) is 16.9 Å². The summed E-state index contributed by atoms with van der Waals surface area (Å²) in [5.74, 6) is 0.549. The molecule has 0 unspecified atom stereocenters. The van der Waals surface area contributed by atoms with Crippen molar-refractivity contribution in [3.63, 3.8) is 0 Å². The number of carbonyl (C=O) groups is 1. The number of carbonyl (C=O) groups excluding carboxylic acids is 1. The van der Waals surface area contributed by atoms with Crippen LogP contribution in [0.25, 0.3) is 0 Å². The quantitative estimate of drug-likeness (QED) is 0.507. The van der Waals surface area contributed by atoms with Crippen LogP contribution in [0.4, 0.5) is 0 Å². The predicted octanol–water partition coefficient (Wildman–Crippen LogP) is 0.684. The van der Waals surface area contributed by atoms with E-state index in [4.69, 9.17) is 0 Å².